The fraction of sp³-hybridized carbons (Fsp3) is 0.235. The lowest BCUT2D eigenvalue weighted by Gasteiger charge is -2.09. The minimum absolute atomic E-state index is 0.134. The van der Waals surface area contributed by atoms with E-state index in [9.17, 15) is 18.3 Å². The second-order valence-corrected chi connectivity index (χ2v) is 5.24. The number of benzene rings is 1. The second kappa shape index (κ2) is 6.22. The summed E-state index contributed by atoms with van der Waals surface area (Å²) in [4.78, 5) is 3.76. The maximum atomic E-state index is 12.9. The summed E-state index contributed by atoms with van der Waals surface area (Å²) in [5.41, 5.74) is 0.475. The molecule has 0 saturated carbocycles. The monoisotopic (exact) mass is 307 g/mol. The Morgan fingerprint density at radius 3 is 2.45 bits per heavy atom. The summed E-state index contributed by atoms with van der Waals surface area (Å²) in [5.74, 6) is 0.305. The van der Waals surface area contributed by atoms with Crippen LogP contribution in [0.1, 0.15) is 42.1 Å². The normalized spacial score (nSPS) is 12.3. The van der Waals surface area contributed by atoms with Gasteiger partial charge in [-0.25, -0.2) is 0 Å². The number of aromatic hydroxyl groups is 1. The van der Waals surface area contributed by atoms with E-state index >= 15 is 0 Å². The van der Waals surface area contributed by atoms with Gasteiger partial charge < -0.3 is 5.11 Å². The molecule has 1 N–H and O–H groups in total. The average Bonchev–Trinajstić information content (AvgIpc) is 2.44. The fourth-order valence-electron chi connectivity index (χ4n) is 2.12. The van der Waals surface area contributed by atoms with Crippen molar-refractivity contribution in [2.75, 3.05) is 0 Å². The van der Waals surface area contributed by atoms with Crippen LogP contribution in [0.2, 0.25) is 0 Å². The Hall–Kier alpha value is -2.30. The van der Waals surface area contributed by atoms with Crippen LogP contribution < -0.4 is 0 Å². The predicted octanol–water partition coefficient (Wildman–Crippen LogP) is 5.10. The van der Waals surface area contributed by atoms with Gasteiger partial charge in [-0.2, -0.15) is 13.2 Å². The van der Waals surface area contributed by atoms with E-state index in [1.165, 1.54) is 30.5 Å². The SMILES string of the molecule is CC(C)c1ccc(/C=C/c2ncccc2C(F)(F)F)cc1O. The molecular formula is C17H16F3NO. The first-order valence-electron chi connectivity index (χ1n) is 6.82. The Labute approximate surface area is 126 Å². The van der Waals surface area contributed by atoms with E-state index in [1.807, 2.05) is 13.8 Å². The van der Waals surface area contributed by atoms with Gasteiger partial charge in [0.1, 0.15) is 5.75 Å². The van der Waals surface area contributed by atoms with Gasteiger partial charge >= 0.3 is 6.18 Å². The predicted molar refractivity (Wildman–Crippen MR) is 80.4 cm³/mol. The minimum Gasteiger partial charge on any atom is -0.508 e. The van der Waals surface area contributed by atoms with Crippen LogP contribution in [0.5, 0.6) is 5.75 Å². The average molecular weight is 307 g/mol. The number of pyridine rings is 1. The van der Waals surface area contributed by atoms with Crippen molar-refractivity contribution < 1.29 is 18.3 Å². The van der Waals surface area contributed by atoms with Crippen LogP contribution in [0.25, 0.3) is 12.2 Å². The Morgan fingerprint density at radius 2 is 1.86 bits per heavy atom. The first-order chi connectivity index (χ1) is 10.3. The third kappa shape index (κ3) is 3.67. The van der Waals surface area contributed by atoms with Gasteiger partial charge in [-0.05, 0) is 41.3 Å². The van der Waals surface area contributed by atoms with E-state index in [2.05, 4.69) is 4.98 Å². The molecule has 0 radical (unpaired) electrons. The van der Waals surface area contributed by atoms with Gasteiger partial charge in [0.2, 0.25) is 0 Å². The van der Waals surface area contributed by atoms with E-state index < -0.39 is 11.7 Å². The standard InChI is InChI=1S/C17H16F3NO/c1-11(2)13-7-5-12(10-16(13)22)6-8-15-14(17(18,19)20)4-3-9-21-15/h3-11,22H,1-2H3/b8-6+. The smallest absolute Gasteiger partial charge is 0.418 e. The number of nitrogens with zero attached hydrogens (tertiary/aromatic N) is 1. The molecule has 0 amide bonds. The van der Waals surface area contributed by atoms with Gasteiger partial charge in [0, 0.05) is 6.20 Å². The second-order valence-electron chi connectivity index (χ2n) is 5.24. The maximum absolute atomic E-state index is 12.9. The topological polar surface area (TPSA) is 33.1 Å². The highest BCUT2D eigenvalue weighted by Gasteiger charge is 2.33. The van der Waals surface area contributed by atoms with Gasteiger partial charge in [-0.1, -0.05) is 32.1 Å². The number of rotatable bonds is 3. The molecule has 0 bridgehead atoms. The van der Waals surface area contributed by atoms with E-state index in [-0.39, 0.29) is 17.4 Å². The molecule has 5 heteroatoms. The highest BCUT2D eigenvalue weighted by atomic mass is 19.4. The van der Waals surface area contributed by atoms with Crippen molar-refractivity contribution in [3.63, 3.8) is 0 Å². The molecule has 22 heavy (non-hydrogen) atoms. The zero-order valence-corrected chi connectivity index (χ0v) is 12.2. The van der Waals surface area contributed by atoms with Gasteiger partial charge in [0.15, 0.2) is 0 Å². The molecule has 0 unspecified atom stereocenters. The van der Waals surface area contributed by atoms with Crippen molar-refractivity contribution in [3.05, 3.63) is 58.9 Å². The van der Waals surface area contributed by atoms with Crippen LogP contribution in [-0.2, 0) is 6.18 Å². The van der Waals surface area contributed by atoms with E-state index in [0.29, 0.717) is 5.56 Å². The molecule has 1 heterocycles. The van der Waals surface area contributed by atoms with Crippen LogP contribution in [0.3, 0.4) is 0 Å². The lowest BCUT2D eigenvalue weighted by atomic mass is 10.00. The number of hydrogen-bond donors (Lipinski definition) is 1. The molecule has 2 rings (SSSR count). The van der Waals surface area contributed by atoms with Crippen molar-refractivity contribution >= 4 is 12.2 Å². The van der Waals surface area contributed by atoms with Crippen molar-refractivity contribution in [2.24, 2.45) is 0 Å². The van der Waals surface area contributed by atoms with Gasteiger partial charge in [0.05, 0.1) is 11.3 Å². The van der Waals surface area contributed by atoms with Crippen LogP contribution in [0, 0.1) is 0 Å². The van der Waals surface area contributed by atoms with Crippen LogP contribution in [-0.4, -0.2) is 10.1 Å². The fourth-order valence-corrected chi connectivity index (χ4v) is 2.12. The molecule has 0 saturated heterocycles. The zero-order valence-electron chi connectivity index (χ0n) is 12.2. The summed E-state index contributed by atoms with van der Waals surface area (Å²) in [6.07, 6.45) is -0.333. The summed E-state index contributed by atoms with van der Waals surface area (Å²) >= 11 is 0. The maximum Gasteiger partial charge on any atom is 0.418 e. The van der Waals surface area contributed by atoms with E-state index in [4.69, 9.17) is 0 Å². The Balaban J connectivity index is 2.32. The van der Waals surface area contributed by atoms with Crippen molar-refractivity contribution in [3.8, 4) is 5.75 Å². The molecule has 0 aliphatic heterocycles. The lowest BCUT2D eigenvalue weighted by Crippen LogP contribution is -2.08. The number of phenols is 1. The molecule has 0 aliphatic carbocycles. The van der Waals surface area contributed by atoms with Crippen LogP contribution >= 0.6 is 0 Å². The molecule has 1 aromatic carbocycles. The summed E-state index contributed by atoms with van der Waals surface area (Å²) in [7, 11) is 0. The largest absolute Gasteiger partial charge is 0.508 e. The number of halogens is 3. The quantitative estimate of drug-likeness (QED) is 0.855. The van der Waals surface area contributed by atoms with Crippen molar-refractivity contribution in [2.45, 2.75) is 25.9 Å². The van der Waals surface area contributed by atoms with Crippen molar-refractivity contribution in [1.82, 2.24) is 4.98 Å². The third-order valence-corrected chi connectivity index (χ3v) is 3.25. The molecular weight excluding hydrogens is 291 g/mol. The minimum atomic E-state index is -4.45. The molecule has 0 spiro atoms. The molecule has 0 aliphatic rings. The summed E-state index contributed by atoms with van der Waals surface area (Å²) in [5, 5.41) is 9.91. The highest BCUT2D eigenvalue weighted by Crippen LogP contribution is 2.32. The lowest BCUT2D eigenvalue weighted by molar-refractivity contribution is -0.138. The van der Waals surface area contributed by atoms with E-state index in [1.54, 1.807) is 12.1 Å². The van der Waals surface area contributed by atoms with Crippen LogP contribution in [0.15, 0.2) is 36.5 Å². The Kier molecular flexibility index (Phi) is 4.54. The van der Waals surface area contributed by atoms with E-state index in [0.717, 1.165) is 11.6 Å². The van der Waals surface area contributed by atoms with Crippen LogP contribution in [0.4, 0.5) is 13.2 Å². The Bertz CT molecular complexity index is 691. The number of alkyl halides is 3. The molecule has 0 atom stereocenters. The summed E-state index contributed by atoms with van der Waals surface area (Å²) in [6.45, 7) is 3.90. The molecule has 1 aromatic heterocycles. The molecule has 2 nitrogen and oxygen atoms in total. The molecule has 2 aromatic rings. The first kappa shape index (κ1) is 16.1. The zero-order chi connectivity index (χ0) is 16.3. The van der Waals surface area contributed by atoms with Gasteiger partial charge in [-0.15, -0.1) is 0 Å². The third-order valence-electron chi connectivity index (χ3n) is 3.25. The highest BCUT2D eigenvalue weighted by molar-refractivity contribution is 5.70. The summed E-state index contributed by atoms with van der Waals surface area (Å²) < 4.78 is 38.6. The first-order valence-corrected chi connectivity index (χ1v) is 6.82. The van der Waals surface area contributed by atoms with Crippen molar-refractivity contribution in [1.29, 1.82) is 0 Å². The Morgan fingerprint density at radius 1 is 1.14 bits per heavy atom. The summed E-state index contributed by atoms with van der Waals surface area (Å²) in [6, 6.07) is 7.29. The van der Waals surface area contributed by atoms with Gasteiger partial charge in [-0.3, -0.25) is 4.98 Å². The number of hydrogen-bond acceptors (Lipinski definition) is 2. The van der Waals surface area contributed by atoms with Gasteiger partial charge in [0.25, 0.3) is 0 Å². The number of aromatic nitrogens is 1. The number of phenolic OH excluding ortho intramolecular Hbond substituents is 1. The molecule has 0 fully saturated rings. The molecule has 116 valence electrons.